The molecule has 0 aromatic heterocycles. The number of aliphatic hydroxyl groups is 1. The normalized spacial score (nSPS) is 29.6. The molecular formula is C41H56O4. The minimum absolute atomic E-state index is 0.0549. The molecule has 0 spiro atoms. The van der Waals surface area contributed by atoms with Gasteiger partial charge in [-0.3, -0.25) is 4.79 Å². The van der Waals surface area contributed by atoms with Crippen LogP contribution in [0.4, 0.5) is 0 Å². The lowest BCUT2D eigenvalue weighted by atomic mass is 9.65. The summed E-state index contributed by atoms with van der Waals surface area (Å²) < 4.78 is 12.1. The third-order valence-electron chi connectivity index (χ3n) is 9.30. The molecule has 4 heteroatoms. The topological polar surface area (TPSA) is 55.8 Å². The molecule has 1 saturated carbocycles. The number of carbonyl (C=O) groups excluding carboxylic acids is 1. The van der Waals surface area contributed by atoms with Crippen LogP contribution in [0.3, 0.4) is 0 Å². The van der Waals surface area contributed by atoms with E-state index in [0.717, 1.165) is 46.3 Å². The highest BCUT2D eigenvalue weighted by Gasteiger charge is 2.50. The van der Waals surface area contributed by atoms with Gasteiger partial charge in [0.15, 0.2) is 5.78 Å². The second kappa shape index (κ2) is 15.0. The van der Waals surface area contributed by atoms with Gasteiger partial charge in [-0.25, -0.2) is 0 Å². The average molecular weight is 613 g/mol. The number of ketones is 1. The number of methoxy groups -OCH3 is 1. The lowest BCUT2D eigenvalue weighted by Gasteiger charge is -2.44. The fraction of sp³-hybridized carbons (Fsp3) is 0.488. The van der Waals surface area contributed by atoms with Crippen LogP contribution in [-0.2, 0) is 14.3 Å². The second-order valence-electron chi connectivity index (χ2n) is 14.6. The molecule has 0 unspecified atom stereocenters. The van der Waals surface area contributed by atoms with Crippen molar-refractivity contribution in [3.8, 4) is 0 Å². The molecule has 244 valence electrons. The lowest BCUT2D eigenvalue weighted by Crippen LogP contribution is -2.45. The van der Waals surface area contributed by atoms with Crippen molar-refractivity contribution in [2.24, 2.45) is 10.8 Å². The number of aliphatic hydroxyl groups excluding tert-OH is 1. The summed E-state index contributed by atoms with van der Waals surface area (Å²) in [5, 5.41) is 10.4. The van der Waals surface area contributed by atoms with Crippen molar-refractivity contribution in [2.45, 2.75) is 112 Å². The Labute approximate surface area is 273 Å². The summed E-state index contributed by atoms with van der Waals surface area (Å²) in [6.45, 7) is 20.8. The number of hydrogen-bond acceptors (Lipinski definition) is 4. The molecule has 0 aromatic carbocycles. The van der Waals surface area contributed by atoms with E-state index >= 15 is 0 Å². The summed E-state index contributed by atoms with van der Waals surface area (Å²) >= 11 is 0. The molecule has 0 bridgehead atoms. The van der Waals surface area contributed by atoms with E-state index in [2.05, 4.69) is 141 Å². The third kappa shape index (κ3) is 9.48. The van der Waals surface area contributed by atoms with E-state index < -0.39 is 0 Å². The molecule has 1 N–H and O–H groups in total. The van der Waals surface area contributed by atoms with Gasteiger partial charge in [0.25, 0.3) is 0 Å². The molecule has 0 radical (unpaired) electrons. The predicted octanol–water partition coefficient (Wildman–Crippen LogP) is 9.59. The van der Waals surface area contributed by atoms with Crippen molar-refractivity contribution in [3.05, 3.63) is 118 Å². The number of rotatable bonds is 11. The van der Waals surface area contributed by atoms with Gasteiger partial charge in [0.05, 0.1) is 23.9 Å². The molecule has 4 nitrogen and oxygen atoms in total. The Morgan fingerprint density at radius 3 is 1.93 bits per heavy atom. The minimum Gasteiger partial charge on any atom is -0.393 e. The van der Waals surface area contributed by atoms with E-state index in [1.165, 1.54) is 5.57 Å². The van der Waals surface area contributed by atoms with Gasteiger partial charge in [0, 0.05) is 19.1 Å². The molecule has 0 aromatic rings. The Hall–Kier alpha value is -3.05. The first-order valence-electron chi connectivity index (χ1n) is 16.3. The molecule has 3 rings (SSSR count). The first kappa shape index (κ1) is 36.4. The Kier molecular flexibility index (Phi) is 12.2. The zero-order valence-electron chi connectivity index (χ0n) is 29.5. The van der Waals surface area contributed by atoms with Crippen molar-refractivity contribution in [1.82, 2.24) is 0 Å². The number of fused-ring (bicyclic) bond motifs is 1. The fourth-order valence-corrected chi connectivity index (χ4v) is 6.99. The monoisotopic (exact) mass is 612 g/mol. The summed E-state index contributed by atoms with van der Waals surface area (Å²) in [7, 11) is 1.68. The Morgan fingerprint density at radius 1 is 0.800 bits per heavy atom. The van der Waals surface area contributed by atoms with Crippen molar-refractivity contribution in [1.29, 1.82) is 0 Å². The van der Waals surface area contributed by atoms with E-state index in [0.29, 0.717) is 6.42 Å². The largest absolute Gasteiger partial charge is 0.393 e. The molecule has 4 atom stereocenters. The van der Waals surface area contributed by atoms with Crippen LogP contribution in [0.25, 0.3) is 0 Å². The standard InChI is InChI=1S/C41H56O4/c1-28(18-14-19-30(3)22-23-34-38(32(5)42)36(44-11)27-39(34,6)7)16-12-13-17-29(2)20-15-21-31(4)35-24-37-40(8,9)25-33(43)26-41(37,10)45-35/h12-24,33,35-36,43H,25-27H2,1-11H3/b13-12+,18-14+,20-15+,23-22-,28-16+,29-17+,30-19+,31-21+/t33-,35+,36+,41+/m0/s1. The van der Waals surface area contributed by atoms with Crippen LogP contribution in [0.2, 0.25) is 0 Å². The number of ether oxygens (including phenoxy) is 2. The van der Waals surface area contributed by atoms with Crippen molar-refractivity contribution in [3.63, 3.8) is 0 Å². The third-order valence-corrected chi connectivity index (χ3v) is 9.30. The molecule has 1 aliphatic heterocycles. The van der Waals surface area contributed by atoms with Crippen LogP contribution >= 0.6 is 0 Å². The zero-order valence-corrected chi connectivity index (χ0v) is 29.5. The summed E-state index contributed by atoms with van der Waals surface area (Å²) in [6.07, 6.45) is 29.0. The fourth-order valence-electron chi connectivity index (χ4n) is 6.99. The van der Waals surface area contributed by atoms with E-state index in [4.69, 9.17) is 9.47 Å². The maximum absolute atomic E-state index is 12.3. The van der Waals surface area contributed by atoms with Gasteiger partial charge in [-0.1, -0.05) is 117 Å². The van der Waals surface area contributed by atoms with E-state index in [1.54, 1.807) is 14.0 Å². The molecule has 0 saturated heterocycles. The predicted molar refractivity (Wildman–Crippen MR) is 189 cm³/mol. The average Bonchev–Trinajstić information content (AvgIpc) is 3.42. The Balaban J connectivity index is 1.55. The highest BCUT2D eigenvalue weighted by molar-refractivity contribution is 5.96. The van der Waals surface area contributed by atoms with Gasteiger partial charge >= 0.3 is 0 Å². The van der Waals surface area contributed by atoms with Crippen LogP contribution in [0.5, 0.6) is 0 Å². The molecule has 45 heavy (non-hydrogen) atoms. The summed E-state index contributed by atoms with van der Waals surface area (Å²) in [5.41, 5.74) is 7.23. The van der Waals surface area contributed by atoms with Crippen LogP contribution in [0.15, 0.2) is 118 Å². The lowest BCUT2D eigenvalue weighted by molar-refractivity contribution is -0.114. The van der Waals surface area contributed by atoms with Crippen molar-refractivity contribution in [2.75, 3.05) is 7.11 Å². The Morgan fingerprint density at radius 2 is 1.36 bits per heavy atom. The number of Topliss-reactive ketones (excluding diaryl/α,β-unsaturated/α-hetero) is 1. The molecule has 3 aliphatic rings. The second-order valence-corrected chi connectivity index (χ2v) is 14.6. The molecular weight excluding hydrogens is 556 g/mol. The maximum atomic E-state index is 12.3. The number of hydrogen-bond donors (Lipinski definition) is 1. The smallest absolute Gasteiger partial charge is 0.158 e. The maximum Gasteiger partial charge on any atom is 0.158 e. The molecule has 1 heterocycles. The van der Waals surface area contributed by atoms with Gasteiger partial charge in [-0.05, 0) is 88.0 Å². The van der Waals surface area contributed by atoms with Crippen LogP contribution in [-0.4, -0.2) is 41.9 Å². The first-order chi connectivity index (χ1) is 21.0. The SMILES string of the molecule is CO[C@@H]1CC(C)(C)C(\C=C/C(C)=C/C=C/C(C)=C/C=C/C=C(C)/C=C/C=C(\C)[C@H]2C=C3C(C)(C)C[C@H](O)C[C@@]3(C)O2)=C1C(C)=O. The van der Waals surface area contributed by atoms with Crippen molar-refractivity contribution < 1.29 is 19.4 Å². The van der Waals surface area contributed by atoms with Crippen molar-refractivity contribution >= 4 is 5.78 Å². The van der Waals surface area contributed by atoms with Crippen LogP contribution < -0.4 is 0 Å². The Bertz CT molecular complexity index is 1430. The number of allylic oxidation sites excluding steroid dienone is 16. The van der Waals surface area contributed by atoms with E-state index in [9.17, 15) is 9.90 Å². The minimum atomic E-state index is -0.390. The number of carbonyl (C=O) groups is 1. The quantitative estimate of drug-likeness (QED) is 0.186. The van der Waals surface area contributed by atoms with Gasteiger partial charge in [0.2, 0.25) is 0 Å². The van der Waals surface area contributed by atoms with E-state index in [-0.39, 0.29) is 40.5 Å². The molecule has 1 fully saturated rings. The van der Waals surface area contributed by atoms with Gasteiger partial charge in [-0.15, -0.1) is 0 Å². The molecule has 0 amide bonds. The highest BCUT2D eigenvalue weighted by atomic mass is 16.5. The summed E-state index contributed by atoms with van der Waals surface area (Å²) in [6, 6.07) is 0. The van der Waals surface area contributed by atoms with Gasteiger partial charge in [0.1, 0.15) is 0 Å². The molecule has 2 aliphatic carbocycles. The summed E-state index contributed by atoms with van der Waals surface area (Å²) in [4.78, 5) is 12.3. The van der Waals surface area contributed by atoms with Crippen LogP contribution in [0, 0.1) is 10.8 Å². The summed E-state index contributed by atoms with van der Waals surface area (Å²) in [5.74, 6) is 0.0847. The van der Waals surface area contributed by atoms with Crippen LogP contribution in [0.1, 0.15) is 88.5 Å². The van der Waals surface area contributed by atoms with Gasteiger partial charge < -0.3 is 14.6 Å². The zero-order chi connectivity index (χ0) is 33.6. The highest BCUT2D eigenvalue weighted by Crippen LogP contribution is 2.52. The van der Waals surface area contributed by atoms with Gasteiger partial charge in [-0.2, -0.15) is 0 Å². The first-order valence-corrected chi connectivity index (χ1v) is 16.3. The van der Waals surface area contributed by atoms with E-state index in [1.807, 2.05) is 0 Å².